The molecular weight excluding hydrogens is 296 g/mol. The topological polar surface area (TPSA) is 83.8 Å². The van der Waals surface area contributed by atoms with Crippen molar-refractivity contribution in [1.29, 1.82) is 0 Å². The number of hydrogen-bond acceptors (Lipinski definition) is 4. The summed E-state index contributed by atoms with van der Waals surface area (Å²) < 4.78 is 5.50. The second-order valence-electron chi connectivity index (χ2n) is 5.96. The summed E-state index contributed by atoms with van der Waals surface area (Å²) in [5.74, 6) is -1.30. The van der Waals surface area contributed by atoms with E-state index >= 15 is 0 Å². The summed E-state index contributed by atoms with van der Waals surface area (Å²) in [6, 6.07) is 10.1. The van der Waals surface area contributed by atoms with Crippen LogP contribution in [0.25, 0.3) is 10.8 Å². The number of esters is 1. The van der Waals surface area contributed by atoms with Crippen LogP contribution < -0.4 is 0 Å². The minimum absolute atomic E-state index is 0.183. The number of aromatic hydroxyl groups is 1. The van der Waals surface area contributed by atoms with Crippen molar-refractivity contribution in [3.05, 3.63) is 42.0 Å². The van der Waals surface area contributed by atoms with Crippen LogP contribution in [0.1, 0.15) is 36.0 Å². The Kier molecular flexibility index (Phi) is 4.19. The van der Waals surface area contributed by atoms with Gasteiger partial charge in [-0.25, -0.2) is 4.79 Å². The molecule has 0 atom stereocenters. The summed E-state index contributed by atoms with van der Waals surface area (Å²) in [4.78, 5) is 23.2. The average molecular weight is 314 g/mol. The third-order valence-electron chi connectivity index (χ3n) is 4.36. The van der Waals surface area contributed by atoms with Crippen molar-refractivity contribution in [3.8, 4) is 5.75 Å². The Labute approximate surface area is 133 Å². The van der Waals surface area contributed by atoms with E-state index in [2.05, 4.69) is 0 Å². The van der Waals surface area contributed by atoms with Crippen molar-refractivity contribution in [2.45, 2.75) is 31.8 Å². The van der Waals surface area contributed by atoms with Gasteiger partial charge in [-0.3, -0.25) is 4.79 Å². The molecule has 0 aliphatic heterocycles. The van der Waals surface area contributed by atoms with Gasteiger partial charge in [0, 0.05) is 0 Å². The number of carbonyl (C=O) groups excluding carboxylic acids is 1. The van der Waals surface area contributed by atoms with Crippen LogP contribution in [0, 0.1) is 5.92 Å². The van der Waals surface area contributed by atoms with Gasteiger partial charge < -0.3 is 14.9 Å². The number of benzene rings is 2. The number of ether oxygens (including phenoxy) is 1. The maximum Gasteiger partial charge on any atom is 0.338 e. The number of carboxylic acid groups (broad SMARTS) is 1. The molecule has 2 N–H and O–H groups in total. The standard InChI is InChI=1S/C18H18O5/c19-15-6-3-12-9-14(2-1-13(12)10-15)18(22)23-16-7-4-11(5-8-16)17(20)21/h1-3,6,9-11,16,19H,4-5,7-8H2,(H,20,21). The molecule has 1 aliphatic carbocycles. The second-order valence-corrected chi connectivity index (χ2v) is 5.96. The summed E-state index contributed by atoms with van der Waals surface area (Å²) >= 11 is 0. The number of carbonyl (C=O) groups is 2. The summed E-state index contributed by atoms with van der Waals surface area (Å²) in [5, 5.41) is 20.1. The number of phenolic OH excluding ortho intramolecular Hbond substituents is 1. The molecular formula is C18H18O5. The normalized spacial score (nSPS) is 21.0. The Morgan fingerprint density at radius 2 is 1.61 bits per heavy atom. The molecule has 1 fully saturated rings. The Bertz CT molecular complexity index is 744. The first kappa shape index (κ1) is 15.3. The van der Waals surface area contributed by atoms with Gasteiger partial charge in [0.1, 0.15) is 11.9 Å². The molecule has 120 valence electrons. The van der Waals surface area contributed by atoms with Crippen molar-refractivity contribution < 1.29 is 24.5 Å². The van der Waals surface area contributed by atoms with Gasteiger partial charge in [-0.05, 0) is 60.7 Å². The Balaban J connectivity index is 1.67. The lowest BCUT2D eigenvalue weighted by Crippen LogP contribution is -2.27. The van der Waals surface area contributed by atoms with Crippen LogP contribution in [-0.2, 0) is 9.53 Å². The minimum atomic E-state index is -0.771. The van der Waals surface area contributed by atoms with Crippen molar-refractivity contribution in [2.75, 3.05) is 0 Å². The highest BCUT2D eigenvalue weighted by atomic mass is 16.5. The molecule has 2 aromatic rings. The van der Waals surface area contributed by atoms with Crippen molar-refractivity contribution in [3.63, 3.8) is 0 Å². The van der Waals surface area contributed by atoms with Gasteiger partial charge >= 0.3 is 11.9 Å². The first-order valence-electron chi connectivity index (χ1n) is 7.69. The Hall–Kier alpha value is -2.56. The SMILES string of the molecule is O=C(OC1CCC(C(=O)O)CC1)c1ccc2cc(O)ccc2c1. The third kappa shape index (κ3) is 3.44. The molecule has 2 aromatic carbocycles. The van der Waals surface area contributed by atoms with E-state index < -0.39 is 11.9 Å². The highest BCUT2D eigenvalue weighted by Crippen LogP contribution is 2.27. The van der Waals surface area contributed by atoms with Crippen LogP contribution in [-0.4, -0.2) is 28.3 Å². The number of carboxylic acids is 1. The Morgan fingerprint density at radius 1 is 0.957 bits per heavy atom. The molecule has 3 rings (SSSR count). The molecule has 0 aromatic heterocycles. The van der Waals surface area contributed by atoms with E-state index in [0.29, 0.717) is 31.2 Å². The fraction of sp³-hybridized carbons (Fsp3) is 0.333. The van der Waals surface area contributed by atoms with Crippen LogP contribution in [0.15, 0.2) is 36.4 Å². The van der Waals surface area contributed by atoms with Gasteiger partial charge in [-0.2, -0.15) is 0 Å². The van der Waals surface area contributed by atoms with Gasteiger partial charge in [0.2, 0.25) is 0 Å². The predicted octanol–water partition coefficient (Wildman–Crippen LogP) is 3.35. The zero-order valence-corrected chi connectivity index (χ0v) is 12.6. The monoisotopic (exact) mass is 314 g/mol. The fourth-order valence-electron chi connectivity index (χ4n) is 3.01. The second kappa shape index (κ2) is 6.28. The molecule has 1 aliphatic rings. The number of fused-ring (bicyclic) bond motifs is 1. The lowest BCUT2D eigenvalue weighted by molar-refractivity contribution is -0.143. The van der Waals surface area contributed by atoms with E-state index in [0.717, 1.165) is 10.8 Å². The molecule has 5 heteroatoms. The molecule has 5 nitrogen and oxygen atoms in total. The zero-order valence-electron chi connectivity index (χ0n) is 12.6. The van der Waals surface area contributed by atoms with E-state index in [-0.39, 0.29) is 17.8 Å². The summed E-state index contributed by atoms with van der Waals surface area (Å²) in [7, 11) is 0. The van der Waals surface area contributed by atoms with Gasteiger partial charge in [-0.1, -0.05) is 12.1 Å². The van der Waals surface area contributed by atoms with E-state index in [1.165, 1.54) is 0 Å². The van der Waals surface area contributed by atoms with E-state index in [9.17, 15) is 14.7 Å². The number of hydrogen-bond donors (Lipinski definition) is 2. The summed E-state index contributed by atoms with van der Waals surface area (Å²) in [6.45, 7) is 0. The van der Waals surface area contributed by atoms with Crippen LogP contribution in [0.3, 0.4) is 0 Å². The lowest BCUT2D eigenvalue weighted by Gasteiger charge is -2.25. The predicted molar refractivity (Wildman–Crippen MR) is 84.4 cm³/mol. The van der Waals surface area contributed by atoms with E-state index in [1.807, 2.05) is 0 Å². The van der Waals surface area contributed by atoms with Crippen LogP contribution in [0.2, 0.25) is 0 Å². The summed E-state index contributed by atoms with van der Waals surface area (Å²) in [5.41, 5.74) is 0.462. The molecule has 0 unspecified atom stereocenters. The van der Waals surface area contributed by atoms with Gasteiger partial charge in [0.05, 0.1) is 11.5 Å². The number of aliphatic carboxylic acids is 1. The van der Waals surface area contributed by atoms with Crippen molar-refractivity contribution in [1.82, 2.24) is 0 Å². The highest BCUT2D eigenvalue weighted by Gasteiger charge is 2.28. The molecule has 0 bridgehead atoms. The van der Waals surface area contributed by atoms with Crippen molar-refractivity contribution in [2.24, 2.45) is 5.92 Å². The average Bonchev–Trinajstić information content (AvgIpc) is 2.54. The molecule has 1 saturated carbocycles. The number of phenols is 1. The van der Waals surface area contributed by atoms with Crippen LogP contribution >= 0.6 is 0 Å². The minimum Gasteiger partial charge on any atom is -0.508 e. The maximum atomic E-state index is 12.3. The van der Waals surface area contributed by atoms with E-state index in [1.54, 1.807) is 36.4 Å². The highest BCUT2D eigenvalue weighted by molar-refractivity contribution is 5.95. The molecule has 23 heavy (non-hydrogen) atoms. The van der Waals surface area contributed by atoms with Crippen molar-refractivity contribution >= 4 is 22.7 Å². The van der Waals surface area contributed by atoms with Crippen LogP contribution in [0.5, 0.6) is 5.75 Å². The first-order chi connectivity index (χ1) is 11.0. The summed E-state index contributed by atoms with van der Waals surface area (Å²) in [6.07, 6.45) is 2.05. The Morgan fingerprint density at radius 3 is 2.30 bits per heavy atom. The quantitative estimate of drug-likeness (QED) is 0.849. The third-order valence-corrected chi connectivity index (χ3v) is 4.36. The fourth-order valence-corrected chi connectivity index (χ4v) is 3.01. The molecule has 0 spiro atoms. The smallest absolute Gasteiger partial charge is 0.338 e. The molecule has 0 amide bonds. The molecule has 0 heterocycles. The van der Waals surface area contributed by atoms with Crippen LogP contribution in [0.4, 0.5) is 0 Å². The molecule has 0 saturated heterocycles. The van der Waals surface area contributed by atoms with E-state index in [4.69, 9.17) is 9.84 Å². The lowest BCUT2D eigenvalue weighted by atomic mass is 9.87. The number of rotatable bonds is 3. The van der Waals surface area contributed by atoms with Gasteiger partial charge in [0.15, 0.2) is 0 Å². The largest absolute Gasteiger partial charge is 0.508 e. The molecule has 0 radical (unpaired) electrons. The van der Waals surface area contributed by atoms with Gasteiger partial charge in [-0.15, -0.1) is 0 Å². The maximum absolute atomic E-state index is 12.3. The first-order valence-corrected chi connectivity index (χ1v) is 7.69. The zero-order chi connectivity index (χ0) is 16.4. The van der Waals surface area contributed by atoms with Gasteiger partial charge in [0.25, 0.3) is 0 Å².